The van der Waals surface area contributed by atoms with Gasteiger partial charge in [0.15, 0.2) is 0 Å². The molecule has 3 heteroatoms. The van der Waals surface area contributed by atoms with Crippen molar-refractivity contribution in [1.82, 2.24) is 4.98 Å². The van der Waals surface area contributed by atoms with Crippen molar-refractivity contribution in [2.24, 2.45) is 5.92 Å². The Morgan fingerprint density at radius 3 is 2.72 bits per heavy atom. The van der Waals surface area contributed by atoms with Crippen molar-refractivity contribution in [2.45, 2.75) is 31.2 Å². The van der Waals surface area contributed by atoms with Crippen LogP contribution in [0.3, 0.4) is 0 Å². The topological polar surface area (TPSA) is 37.0 Å². The monoisotopic (exact) mass is 420 g/mol. The Balaban J connectivity index is 1.20. The molecule has 2 heterocycles. The first-order valence-corrected chi connectivity index (χ1v) is 11.7. The Labute approximate surface area is 189 Å². The Bertz CT molecular complexity index is 1260. The molecule has 2 aliphatic rings. The number of para-hydroxylation sites is 1. The van der Waals surface area contributed by atoms with Gasteiger partial charge in [-0.25, -0.2) is 0 Å². The summed E-state index contributed by atoms with van der Waals surface area (Å²) in [5, 5.41) is 5.18. The summed E-state index contributed by atoms with van der Waals surface area (Å²) in [6.07, 6.45) is 10.1. The highest BCUT2D eigenvalue weighted by atomic mass is 16.5. The molecule has 0 saturated carbocycles. The minimum Gasteiger partial charge on any atom is -0.494 e. The van der Waals surface area contributed by atoms with Gasteiger partial charge in [0.2, 0.25) is 0 Å². The zero-order chi connectivity index (χ0) is 21.3. The zero-order valence-corrected chi connectivity index (χ0v) is 18.1. The molecule has 0 radical (unpaired) electrons. The molecule has 1 aliphatic heterocycles. The summed E-state index contributed by atoms with van der Waals surface area (Å²) < 4.78 is 6.14. The molecule has 2 N–H and O–H groups in total. The van der Waals surface area contributed by atoms with Gasteiger partial charge in [0, 0.05) is 28.7 Å². The van der Waals surface area contributed by atoms with Crippen LogP contribution >= 0.6 is 0 Å². The van der Waals surface area contributed by atoms with E-state index in [2.05, 4.69) is 101 Å². The van der Waals surface area contributed by atoms with Gasteiger partial charge in [0.1, 0.15) is 5.75 Å². The number of aromatic nitrogens is 1. The predicted octanol–water partition coefficient (Wildman–Crippen LogP) is 7.01. The third-order valence-corrected chi connectivity index (χ3v) is 7.01. The van der Waals surface area contributed by atoms with Crippen LogP contribution in [0.5, 0.6) is 5.75 Å². The van der Waals surface area contributed by atoms with Crippen LogP contribution in [0.15, 0.2) is 91.1 Å². The second kappa shape index (κ2) is 8.23. The molecule has 1 aliphatic carbocycles. The van der Waals surface area contributed by atoms with E-state index in [4.69, 9.17) is 4.74 Å². The van der Waals surface area contributed by atoms with Crippen molar-refractivity contribution in [1.29, 1.82) is 0 Å². The molecule has 3 aromatic carbocycles. The number of H-pyrrole nitrogens is 1. The van der Waals surface area contributed by atoms with Crippen LogP contribution in [-0.2, 0) is 6.42 Å². The van der Waals surface area contributed by atoms with E-state index in [9.17, 15) is 0 Å². The normalized spacial score (nSPS) is 21.2. The van der Waals surface area contributed by atoms with E-state index in [0.717, 1.165) is 31.6 Å². The number of rotatable bonds is 6. The van der Waals surface area contributed by atoms with Crippen LogP contribution in [0.4, 0.5) is 5.69 Å². The highest BCUT2D eigenvalue weighted by Gasteiger charge is 2.38. The number of anilines is 1. The van der Waals surface area contributed by atoms with Crippen LogP contribution in [0.25, 0.3) is 10.9 Å². The van der Waals surface area contributed by atoms with E-state index < -0.39 is 0 Å². The van der Waals surface area contributed by atoms with Crippen LogP contribution in [0.1, 0.15) is 41.5 Å². The summed E-state index contributed by atoms with van der Waals surface area (Å²) in [5.41, 5.74) is 6.53. The highest BCUT2D eigenvalue weighted by Crippen LogP contribution is 2.51. The zero-order valence-electron chi connectivity index (χ0n) is 18.1. The second-order valence-electron chi connectivity index (χ2n) is 8.95. The smallest absolute Gasteiger partial charge is 0.119 e. The highest BCUT2D eigenvalue weighted by molar-refractivity contribution is 5.84. The summed E-state index contributed by atoms with van der Waals surface area (Å²) in [7, 11) is 0. The van der Waals surface area contributed by atoms with E-state index >= 15 is 0 Å². The summed E-state index contributed by atoms with van der Waals surface area (Å²) >= 11 is 0. The number of aromatic amines is 1. The van der Waals surface area contributed by atoms with Gasteiger partial charge in [-0.2, -0.15) is 0 Å². The number of aryl methyl sites for hydroxylation is 1. The minimum absolute atomic E-state index is 0.302. The molecule has 4 aromatic rings. The molecule has 0 saturated heterocycles. The first kappa shape index (κ1) is 19.2. The summed E-state index contributed by atoms with van der Waals surface area (Å²) in [5.74, 6) is 1.93. The molecule has 3 unspecified atom stereocenters. The number of allylic oxidation sites excluding steroid dienone is 2. The van der Waals surface area contributed by atoms with Crippen molar-refractivity contribution in [3.8, 4) is 5.75 Å². The van der Waals surface area contributed by atoms with Crippen LogP contribution in [0.2, 0.25) is 0 Å². The van der Waals surface area contributed by atoms with Crippen molar-refractivity contribution in [3.05, 3.63) is 108 Å². The van der Waals surface area contributed by atoms with Gasteiger partial charge < -0.3 is 15.0 Å². The predicted molar refractivity (Wildman–Crippen MR) is 131 cm³/mol. The van der Waals surface area contributed by atoms with Crippen molar-refractivity contribution in [2.75, 3.05) is 11.9 Å². The van der Waals surface area contributed by atoms with E-state index in [1.807, 2.05) is 0 Å². The standard InChI is InChI=1S/C29H28N2O/c1-2-8-20(9-3-1)10-7-17-32-21-15-16-28-25(18-21)22-12-6-13-24(22)29(31-28)26-19-30-27-14-5-4-11-23(26)27/h1-6,8-9,11-12,14-16,18-19,22,24,29-31H,7,10,13,17H2. The Morgan fingerprint density at radius 1 is 0.906 bits per heavy atom. The summed E-state index contributed by atoms with van der Waals surface area (Å²) in [4.78, 5) is 3.46. The molecular formula is C29H28N2O. The van der Waals surface area contributed by atoms with E-state index in [0.29, 0.717) is 17.9 Å². The number of nitrogens with one attached hydrogen (secondary N) is 2. The number of ether oxygens (including phenoxy) is 1. The van der Waals surface area contributed by atoms with E-state index in [1.54, 1.807) is 0 Å². The van der Waals surface area contributed by atoms with Gasteiger partial charge in [-0.05, 0) is 66.1 Å². The molecule has 0 bridgehead atoms. The fourth-order valence-corrected chi connectivity index (χ4v) is 5.43. The molecule has 32 heavy (non-hydrogen) atoms. The first-order valence-electron chi connectivity index (χ1n) is 11.7. The first-order chi connectivity index (χ1) is 15.9. The van der Waals surface area contributed by atoms with E-state index in [1.165, 1.54) is 33.3 Å². The fourth-order valence-electron chi connectivity index (χ4n) is 5.43. The third kappa shape index (κ3) is 3.48. The molecule has 0 amide bonds. The van der Waals surface area contributed by atoms with Gasteiger partial charge in [-0.3, -0.25) is 0 Å². The van der Waals surface area contributed by atoms with Crippen LogP contribution in [-0.4, -0.2) is 11.6 Å². The third-order valence-electron chi connectivity index (χ3n) is 7.01. The number of benzene rings is 3. The van der Waals surface area contributed by atoms with Gasteiger partial charge in [0.25, 0.3) is 0 Å². The largest absolute Gasteiger partial charge is 0.494 e. The molecule has 160 valence electrons. The Kier molecular flexibility index (Phi) is 4.95. The number of hydrogen-bond donors (Lipinski definition) is 2. The Hall–Kier alpha value is -3.46. The van der Waals surface area contributed by atoms with Crippen molar-refractivity contribution >= 4 is 16.6 Å². The minimum atomic E-state index is 0.302. The molecule has 3 atom stereocenters. The van der Waals surface area contributed by atoms with Gasteiger partial charge in [0.05, 0.1) is 12.6 Å². The molecule has 1 aromatic heterocycles. The van der Waals surface area contributed by atoms with Crippen molar-refractivity contribution in [3.63, 3.8) is 0 Å². The average molecular weight is 421 g/mol. The number of fused-ring (bicyclic) bond motifs is 4. The lowest BCUT2D eigenvalue weighted by atomic mass is 9.77. The maximum atomic E-state index is 6.14. The lowest BCUT2D eigenvalue weighted by Gasteiger charge is -2.37. The molecule has 0 fully saturated rings. The summed E-state index contributed by atoms with van der Waals surface area (Å²) in [6.45, 7) is 0.739. The maximum Gasteiger partial charge on any atom is 0.119 e. The van der Waals surface area contributed by atoms with Gasteiger partial charge in [-0.15, -0.1) is 0 Å². The molecule has 0 spiro atoms. The summed E-state index contributed by atoms with van der Waals surface area (Å²) in [6, 6.07) is 26.1. The van der Waals surface area contributed by atoms with Crippen LogP contribution in [0, 0.1) is 5.92 Å². The Morgan fingerprint density at radius 2 is 1.78 bits per heavy atom. The lowest BCUT2D eigenvalue weighted by Crippen LogP contribution is -2.28. The quantitative estimate of drug-likeness (QED) is 0.260. The van der Waals surface area contributed by atoms with Gasteiger partial charge in [-0.1, -0.05) is 60.7 Å². The maximum absolute atomic E-state index is 6.14. The van der Waals surface area contributed by atoms with Crippen LogP contribution < -0.4 is 10.1 Å². The number of hydrogen-bond acceptors (Lipinski definition) is 2. The second-order valence-corrected chi connectivity index (χ2v) is 8.95. The molecule has 3 nitrogen and oxygen atoms in total. The van der Waals surface area contributed by atoms with Crippen molar-refractivity contribution < 1.29 is 4.74 Å². The average Bonchev–Trinajstić information content (AvgIpc) is 3.50. The lowest BCUT2D eigenvalue weighted by molar-refractivity contribution is 0.310. The molecular weight excluding hydrogens is 392 g/mol. The molecule has 6 rings (SSSR count). The van der Waals surface area contributed by atoms with E-state index in [-0.39, 0.29) is 0 Å². The van der Waals surface area contributed by atoms with Gasteiger partial charge >= 0.3 is 0 Å². The fraction of sp³-hybridized carbons (Fsp3) is 0.241. The SMILES string of the molecule is C1=CC2c3cc(OCCCc4ccccc4)ccc3NC(c3c[nH]c4ccccc34)C2C1.